The highest BCUT2D eigenvalue weighted by atomic mass is 35.5. The lowest BCUT2D eigenvalue weighted by molar-refractivity contribution is -0.118. The van der Waals surface area contributed by atoms with Crippen LogP contribution >= 0.6 is 11.6 Å². The lowest BCUT2D eigenvalue weighted by atomic mass is 9.86. The average Bonchev–Trinajstić information content (AvgIpc) is 2.97. The van der Waals surface area contributed by atoms with Crippen LogP contribution in [0.25, 0.3) is 0 Å². The van der Waals surface area contributed by atoms with Crippen LogP contribution in [0.1, 0.15) is 74.4 Å². The molecule has 3 aromatic rings. The van der Waals surface area contributed by atoms with Crippen molar-refractivity contribution >= 4 is 23.2 Å². The van der Waals surface area contributed by atoms with Crippen LogP contribution in [-0.2, 0) is 11.2 Å². The quantitative estimate of drug-likeness (QED) is 0.332. The summed E-state index contributed by atoms with van der Waals surface area (Å²) in [7, 11) is 1.64. The van der Waals surface area contributed by atoms with Crippen molar-refractivity contribution in [1.29, 1.82) is 0 Å². The van der Waals surface area contributed by atoms with Gasteiger partial charge in [-0.25, -0.2) is 0 Å². The van der Waals surface area contributed by atoms with Gasteiger partial charge in [0.25, 0.3) is 0 Å². The van der Waals surface area contributed by atoms with Crippen molar-refractivity contribution in [2.75, 3.05) is 25.1 Å². The Morgan fingerprint density at radius 3 is 2.30 bits per heavy atom. The zero-order valence-electron chi connectivity index (χ0n) is 23.9. The van der Waals surface area contributed by atoms with Crippen molar-refractivity contribution in [3.63, 3.8) is 0 Å². The Hall–Kier alpha value is -3.06. The number of hydrogen-bond donors (Lipinski definition) is 1. The summed E-state index contributed by atoms with van der Waals surface area (Å²) in [6, 6.07) is 20.5. The van der Waals surface area contributed by atoms with Crippen LogP contribution in [-0.4, -0.2) is 43.2 Å². The summed E-state index contributed by atoms with van der Waals surface area (Å²) < 4.78 is 11.9. The van der Waals surface area contributed by atoms with Gasteiger partial charge in [0.05, 0.1) is 25.7 Å². The second kappa shape index (κ2) is 12.2. The Balaban J connectivity index is 1.54. The molecular weight excluding hydrogens is 522 g/mol. The highest BCUT2D eigenvalue weighted by molar-refractivity contribution is 6.30. The van der Waals surface area contributed by atoms with Gasteiger partial charge < -0.3 is 20.1 Å². The molecule has 3 aromatic carbocycles. The number of nitrogens with two attached hydrogens (primary N) is 1. The number of anilines is 1. The van der Waals surface area contributed by atoms with E-state index in [0.29, 0.717) is 28.6 Å². The molecule has 40 heavy (non-hydrogen) atoms. The van der Waals surface area contributed by atoms with Crippen molar-refractivity contribution < 1.29 is 14.3 Å². The minimum absolute atomic E-state index is 0.0347. The van der Waals surface area contributed by atoms with Gasteiger partial charge in [0, 0.05) is 35.9 Å². The molecule has 2 N–H and O–H groups in total. The van der Waals surface area contributed by atoms with Crippen molar-refractivity contribution in [3.8, 4) is 11.5 Å². The SMILES string of the molecule is CC[C@@H](C)Oc1cc2c(cc1OC)CC(=O)N(c1ccc(C(C)N3CCC(N)CC3)cc1)C2c1ccc(Cl)cc1. The van der Waals surface area contributed by atoms with Gasteiger partial charge in [-0.2, -0.15) is 0 Å². The normalized spacial score (nSPS) is 19.7. The van der Waals surface area contributed by atoms with Crippen molar-refractivity contribution in [1.82, 2.24) is 4.90 Å². The fourth-order valence-corrected chi connectivity index (χ4v) is 5.93. The fourth-order valence-electron chi connectivity index (χ4n) is 5.81. The van der Waals surface area contributed by atoms with Gasteiger partial charge in [-0.05, 0) is 91.8 Å². The second-order valence-electron chi connectivity index (χ2n) is 11.1. The van der Waals surface area contributed by atoms with Crippen LogP contribution in [0.5, 0.6) is 11.5 Å². The number of halogens is 1. The number of nitrogens with zero attached hydrogens (tertiary/aromatic N) is 2. The molecular formula is C33H40ClN3O3. The smallest absolute Gasteiger partial charge is 0.232 e. The highest BCUT2D eigenvalue weighted by Gasteiger charge is 2.36. The molecule has 6 nitrogen and oxygen atoms in total. The molecule has 0 aliphatic carbocycles. The number of ether oxygens (including phenoxy) is 2. The van der Waals surface area contributed by atoms with Crippen LogP contribution in [0.2, 0.25) is 5.02 Å². The van der Waals surface area contributed by atoms with E-state index in [4.69, 9.17) is 26.8 Å². The number of fused-ring (bicyclic) bond motifs is 1. The summed E-state index contributed by atoms with van der Waals surface area (Å²) in [6.45, 7) is 8.41. The van der Waals surface area contributed by atoms with Crippen molar-refractivity contribution in [3.05, 3.63) is 87.9 Å². The van der Waals surface area contributed by atoms with Crippen LogP contribution in [0.3, 0.4) is 0 Å². The predicted octanol–water partition coefficient (Wildman–Crippen LogP) is 6.69. The van der Waals surface area contributed by atoms with Gasteiger partial charge in [0.15, 0.2) is 11.5 Å². The number of hydrogen-bond acceptors (Lipinski definition) is 5. The van der Waals surface area contributed by atoms with Gasteiger partial charge in [-0.1, -0.05) is 42.8 Å². The number of benzene rings is 3. The van der Waals surface area contributed by atoms with E-state index in [-0.39, 0.29) is 24.5 Å². The van der Waals surface area contributed by atoms with Gasteiger partial charge in [0.1, 0.15) is 0 Å². The average molecular weight is 562 g/mol. The van der Waals surface area contributed by atoms with E-state index < -0.39 is 0 Å². The molecule has 212 valence electrons. The number of methoxy groups -OCH3 is 1. The minimum atomic E-state index is -0.328. The molecule has 1 amide bonds. The Morgan fingerprint density at radius 2 is 1.68 bits per heavy atom. The van der Waals surface area contributed by atoms with E-state index in [1.807, 2.05) is 42.2 Å². The first-order valence-electron chi connectivity index (χ1n) is 14.3. The largest absolute Gasteiger partial charge is 0.493 e. The number of piperidine rings is 1. The molecule has 2 aliphatic heterocycles. The summed E-state index contributed by atoms with van der Waals surface area (Å²) >= 11 is 6.26. The Kier molecular flexibility index (Phi) is 8.69. The predicted molar refractivity (Wildman–Crippen MR) is 161 cm³/mol. The first-order chi connectivity index (χ1) is 19.3. The van der Waals surface area contributed by atoms with Crippen molar-refractivity contribution in [2.24, 2.45) is 5.73 Å². The summed E-state index contributed by atoms with van der Waals surface area (Å²) in [5.41, 5.74) is 11.2. The molecule has 2 heterocycles. The molecule has 7 heteroatoms. The minimum Gasteiger partial charge on any atom is -0.493 e. The topological polar surface area (TPSA) is 68.0 Å². The number of amides is 1. The van der Waals surface area contributed by atoms with E-state index in [2.05, 4.69) is 49.1 Å². The molecule has 0 radical (unpaired) electrons. The first-order valence-corrected chi connectivity index (χ1v) is 14.7. The first kappa shape index (κ1) is 28.5. The molecule has 5 rings (SSSR count). The summed E-state index contributed by atoms with van der Waals surface area (Å²) in [5.74, 6) is 1.37. The molecule has 0 aromatic heterocycles. The monoisotopic (exact) mass is 561 g/mol. The van der Waals surface area contributed by atoms with Gasteiger partial charge in [-0.15, -0.1) is 0 Å². The molecule has 0 saturated carbocycles. The molecule has 0 spiro atoms. The van der Waals surface area contributed by atoms with E-state index in [1.54, 1.807) is 7.11 Å². The number of likely N-dealkylation sites (tertiary alicyclic amines) is 1. The van der Waals surface area contributed by atoms with Crippen LogP contribution in [0.4, 0.5) is 5.69 Å². The number of rotatable bonds is 8. The Labute approximate surface area is 243 Å². The van der Waals surface area contributed by atoms with E-state index in [0.717, 1.165) is 54.7 Å². The molecule has 2 aliphatic rings. The summed E-state index contributed by atoms with van der Waals surface area (Å²) in [6.07, 6.45) is 3.25. The van der Waals surface area contributed by atoms with Gasteiger partial charge >= 0.3 is 0 Å². The third-order valence-corrected chi connectivity index (χ3v) is 8.71. The lowest BCUT2D eigenvalue weighted by Crippen LogP contribution is -2.41. The molecule has 1 fully saturated rings. The molecule has 1 saturated heterocycles. The fraction of sp³-hybridized carbons (Fsp3) is 0.424. The Bertz CT molecular complexity index is 1320. The number of carbonyl (C=O) groups excluding carboxylic acids is 1. The van der Waals surface area contributed by atoms with Gasteiger partial charge in [-0.3, -0.25) is 9.69 Å². The summed E-state index contributed by atoms with van der Waals surface area (Å²) in [5, 5.41) is 0.658. The zero-order valence-corrected chi connectivity index (χ0v) is 24.7. The van der Waals surface area contributed by atoms with Crippen LogP contribution in [0, 0.1) is 0 Å². The maximum atomic E-state index is 13.8. The maximum Gasteiger partial charge on any atom is 0.232 e. The van der Waals surface area contributed by atoms with E-state index >= 15 is 0 Å². The Morgan fingerprint density at radius 1 is 1.00 bits per heavy atom. The van der Waals surface area contributed by atoms with E-state index in [1.165, 1.54) is 5.56 Å². The third kappa shape index (κ3) is 5.85. The van der Waals surface area contributed by atoms with Gasteiger partial charge in [0.2, 0.25) is 5.91 Å². The zero-order chi connectivity index (χ0) is 28.4. The highest BCUT2D eigenvalue weighted by Crippen LogP contribution is 2.44. The van der Waals surface area contributed by atoms with Crippen LogP contribution in [0.15, 0.2) is 60.7 Å². The number of carbonyl (C=O) groups is 1. The second-order valence-corrected chi connectivity index (χ2v) is 11.5. The van der Waals surface area contributed by atoms with E-state index in [9.17, 15) is 4.79 Å². The van der Waals surface area contributed by atoms with Crippen molar-refractivity contribution in [2.45, 2.75) is 70.7 Å². The lowest BCUT2D eigenvalue weighted by Gasteiger charge is -2.38. The third-order valence-electron chi connectivity index (χ3n) is 8.45. The molecule has 0 bridgehead atoms. The maximum absolute atomic E-state index is 13.8. The van der Waals surface area contributed by atoms with Crippen LogP contribution < -0.4 is 20.1 Å². The molecule has 3 atom stereocenters. The summed E-state index contributed by atoms with van der Waals surface area (Å²) in [4.78, 5) is 18.2. The standard InChI is InChI=1S/C33H40ClN3O3/c1-5-21(2)40-31-20-29-25(18-30(31)39-4)19-32(38)37(33(29)24-6-10-26(34)11-7-24)28-12-8-23(9-13-28)22(3)36-16-14-27(35)15-17-36/h6-13,18,20-22,27,33H,5,14-17,19,35H2,1-4H3/t21-,22?,33?/m1/s1. The molecule has 2 unspecified atom stereocenters.